The second kappa shape index (κ2) is 4.79. The molecule has 0 bridgehead atoms. The molecule has 0 saturated carbocycles. The van der Waals surface area contributed by atoms with Crippen LogP contribution in [0.15, 0.2) is 12.4 Å². The van der Waals surface area contributed by atoms with Crippen LogP contribution in [-0.4, -0.2) is 16.0 Å². The summed E-state index contributed by atoms with van der Waals surface area (Å²) in [5.74, 6) is 1.91. The summed E-state index contributed by atoms with van der Waals surface area (Å²) in [5, 5.41) is 3.30. The van der Waals surface area contributed by atoms with Gasteiger partial charge in [0.25, 0.3) is 0 Å². The summed E-state index contributed by atoms with van der Waals surface area (Å²) in [7, 11) is 0. The summed E-state index contributed by atoms with van der Waals surface area (Å²) in [6, 6.07) is 2.15. The molecule has 4 nitrogen and oxygen atoms in total. The lowest BCUT2D eigenvalue weighted by molar-refractivity contribution is 0.493. The molecule has 1 rings (SSSR count). The molecule has 78 valence electrons. The number of nitrogens with zero attached hydrogens (tertiary/aromatic N) is 2. The molecule has 0 saturated heterocycles. The molecule has 2 unspecified atom stereocenters. The van der Waals surface area contributed by atoms with E-state index in [1.807, 2.05) is 0 Å². The molecule has 14 heavy (non-hydrogen) atoms. The van der Waals surface area contributed by atoms with Gasteiger partial charge in [0.1, 0.15) is 18.0 Å². The van der Waals surface area contributed by atoms with Gasteiger partial charge >= 0.3 is 0 Å². The monoisotopic (exact) mass is 194 g/mol. The first-order valence-electron chi connectivity index (χ1n) is 4.97. The third-order valence-electron chi connectivity index (χ3n) is 2.56. The molecule has 0 aliphatic carbocycles. The normalized spacial score (nSPS) is 14.8. The van der Waals surface area contributed by atoms with Gasteiger partial charge in [-0.25, -0.2) is 9.97 Å². The Morgan fingerprint density at radius 1 is 1.43 bits per heavy atom. The molecule has 1 aromatic rings. The van der Waals surface area contributed by atoms with Crippen LogP contribution in [0.5, 0.6) is 0 Å². The van der Waals surface area contributed by atoms with Gasteiger partial charge in [0, 0.05) is 12.1 Å². The van der Waals surface area contributed by atoms with E-state index in [-0.39, 0.29) is 0 Å². The Labute approximate surface area is 85.0 Å². The van der Waals surface area contributed by atoms with Crippen LogP contribution in [0.4, 0.5) is 11.6 Å². The van der Waals surface area contributed by atoms with Crippen molar-refractivity contribution in [3.63, 3.8) is 0 Å². The van der Waals surface area contributed by atoms with Gasteiger partial charge in [-0.15, -0.1) is 0 Å². The first-order valence-corrected chi connectivity index (χ1v) is 4.97. The quantitative estimate of drug-likeness (QED) is 0.768. The zero-order valence-electron chi connectivity index (χ0n) is 8.99. The molecule has 0 amide bonds. The standard InChI is InChI=1S/C10H18N4/c1-4-7(2)8(3)14-10-5-9(11)12-6-13-10/h5-8H,4H2,1-3H3,(H3,11,12,13,14). The van der Waals surface area contributed by atoms with Crippen LogP contribution < -0.4 is 11.1 Å². The fraction of sp³-hybridized carbons (Fsp3) is 0.600. The molecule has 0 spiro atoms. The summed E-state index contributed by atoms with van der Waals surface area (Å²) < 4.78 is 0. The van der Waals surface area contributed by atoms with Gasteiger partial charge in [-0.3, -0.25) is 0 Å². The Morgan fingerprint density at radius 2 is 2.14 bits per heavy atom. The molecule has 0 aromatic carbocycles. The van der Waals surface area contributed by atoms with Crippen LogP contribution in [0.2, 0.25) is 0 Å². The predicted molar refractivity (Wildman–Crippen MR) is 59.0 cm³/mol. The molecule has 0 fully saturated rings. The zero-order chi connectivity index (χ0) is 10.6. The van der Waals surface area contributed by atoms with Gasteiger partial charge in [-0.1, -0.05) is 20.3 Å². The summed E-state index contributed by atoms with van der Waals surface area (Å²) in [6.45, 7) is 6.53. The van der Waals surface area contributed by atoms with Crippen molar-refractivity contribution >= 4 is 11.6 Å². The van der Waals surface area contributed by atoms with E-state index in [1.54, 1.807) is 6.07 Å². The van der Waals surface area contributed by atoms with Crippen molar-refractivity contribution in [2.24, 2.45) is 5.92 Å². The van der Waals surface area contributed by atoms with E-state index in [0.29, 0.717) is 17.8 Å². The average Bonchev–Trinajstić information content (AvgIpc) is 2.16. The third kappa shape index (κ3) is 2.87. The van der Waals surface area contributed by atoms with Gasteiger partial charge in [-0.05, 0) is 12.8 Å². The summed E-state index contributed by atoms with van der Waals surface area (Å²) >= 11 is 0. The average molecular weight is 194 g/mol. The van der Waals surface area contributed by atoms with E-state index in [1.165, 1.54) is 6.33 Å². The van der Waals surface area contributed by atoms with E-state index in [9.17, 15) is 0 Å². The summed E-state index contributed by atoms with van der Waals surface area (Å²) in [6.07, 6.45) is 2.62. The Hall–Kier alpha value is -1.32. The molecule has 1 heterocycles. The van der Waals surface area contributed by atoms with Gasteiger partial charge in [-0.2, -0.15) is 0 Å². The highest BCUT2D eigenvalue weighted by atomic mass is 15.0. The van der Waals surface area contributed by atoms with Crippen LogP contribution in [0, 0.1) is 5.92 Å². The second-order valence-electron chi connectivity index (χ2n) is 3.65. The van der Waals surface area contributed by atoms with E-state index in [4.69, 9.17) is 5.73 Å². The maximum Gasteiger partial charge on any atom is 0.131 e. The number of nitrogens with two attached hydrogens (primary N) is 1. The van der Waals surface area contributed by atoms with Crippen LogP contribution in [0.3, 0.4) is 0 Å². The van der Waals surface area contributed by atoms with Gasteiger partial charge < -0.3 is 11.1 Å². The van der Waals surface area contributed by atoms with Gasteiger partial charge in [0.2, 0.25) is 0 Å². The number of hydrogen-bond acceptors (Lipinski definition) is 4. The van der Waals surface area contributed by atoms with Crippen LogP contribution in [0.25, 0.3) is 0 Å². The van der Waals surface area contributed by atoms with Gasteiger partial charge in [0.15, 0.2) is 0 Å². The maximum atomic E-state index is 5.55. The molecule has 0 radical (unpaired) electrons. The number of nitrogens with one attached hydrogen (secondary N) is 1. The van der Waals surface area contributed by atoms with Crippen LogP contribution in [0.1, 0.15) is 27.2 Å². The Morgan fingerprint density at radius 3 is 2.71 bits per heavy atom. The van der Waals surface area contributed by atoms with Crippen molar-refractivity contribution < 1.29 is 0 Å². The summed E-state index contributed by atoms with van der Waals surface area (Å²) in [5.41, 5.74) is 5.55. The molecule has 0 aliphatic heterocycles. The summed E-state index contributed by atoms with van der Waals surface area (Å²) in [4.78, 5) is 7.93. The number of rotatable bonds is 4. The van der Waals surface area contributed by atoms with E-state index >= 15 is 0 Å². The largest absolute Gasteiger partial charge is 0.384 e. The molecule has 4 heteroatoms. The highest BCUT2D eigenvalue weighted by Gasteiger charge is 2.10. The Kier molecular flexibility index (Phi) is 3.68. The van der Waals surface area contributed by atoms with E-state index < -0.39 is 0 Å². The highest BCUT2D eigenvalue weighted by Crippen LogP contribution is 2.13. The molecular weight excluding hydrogens is 176 g/mol. The lowest BCUT2D eigenvalue weighted by Crippen LogP contribution is -2.23. The molecule has 2 atom stereocenters. The molecule has 0 aliphatic rings. The fourth-order valence-electron chi connectivity index (χ4n) is 1.18. The predicted octanol–water partition coefficient (Wildman–Crippen LogP) is 1.91. The molecular formula is C10H18N4. The Bertz CT molecular complexity index is 287. The maximum absolute atomic E-state index is 5.55. The third-order valence-corrected chi connectivity index (χ3v) is 2.56. The van der Waals surface area contributed by atoms with Crippen LogP contribution >= 0.6 is 0 Å². The van der Waals surface area contributed by atoms with E-state index in [2.05, 4.69) is 36.1 Å². The molecule has 1 aromatic heterocycles. The first kappa shape index (κ1) is 10.8. The fourth-order valence-corrected chi connectivity index (χ4v) is 1.18. The lowest BCUT2D eigenvalue weighted by Gasteiger charge is -2.20. The number of hydrogen-bond donors (Lipinski definition) is 2. The minimum atomic E-state index is 0.397. The lowest BCUT2D eigenvalue weighted by atomic mass is 10.0. The van der Waals surface area contributed by atoms with Crippen molar-refractivity contribution in [2.45, 2.75) is 33.2 Å². The zero-order valence-corrected chi connectivity index (χ0v) is 8.99. The smallest absolute Gasteiger partial charge is 0.131 e. The minimum absolute atomic E-state index is 0.397. The van der Waals surface area contributed by atoms with E-state index in [0.717, 1.165) is 12.2 Å². The second-order valence-corrected chi connectivity index (χ2v) is 3.65. The minimum Gasteiger partial charge on any atom is -0.384 e. The van der Waals surface area contributed by atoms with Crippen molar-refractivity contribution in [1.29, 1.82) is 0 Å². The highest BCUT2D eigenvalue weighted by molar-refractivity contribution is 5.43. The van der Waals surface area contributed by atoms with Crippen molar-refractivity contribution in [2.75, 3.05) is 11.1 Å². The number of aromatic nitrogens is 2. The van der Waals surface area contributed by atoms with Crippen molar-refractivity contribution in [1.82, 2.24) is 9.97 Å². The first-order chi connectivity index (χ1) is 6.63. The topological polar surface area (TPSA) is 63.8 Å². The van der Waals surface area contributed by atoms with Crippen LogP contribution in [-0.2, 0) is 0 Å². The Balaban J connectivity index is 2.60. The van der Waals surface area contributed by atoms with Crippen molar-refractivity contribution in [3.05, 3.63) is 12.4 Å². The number of anilines is 2. The molecule has 3 N–H and O–H groups in total. The number of nitrogen functional groups attached to an aromatic ring is 1. The van der Waals surface area contributed by atoms with Gasteiger partial charge in [0.05, 0.1) is 0 Å². The SMILES string of the molecule is CCC(C)C(C)Nc1cc(N)ncn1. The van der Waals surface area contributed by atoms with Crippen molar-refractivity contribution in [3.8, 4) is 0 Å².